The first-order valence-electron chi connectivity index (χ1n) is 17.4. The fourth-order valence-corrected chi connectivity index (χ4v) is 8.63. The average molecular weight is 636 g/mol. The lowest BCUT2D eigenvalue weighted by Crippen LogP contribution is -2.48. The van der Waals surface area contributed by atoms with Crippen LogP contribution in [0, 0.1) is 0 Å². The van der Waals surface area contributed by atoms with Crippen LogP contribution < -0.4 is 21.3 Å². The maximum Gasteiger partial charge on any atom is 0.244 e. The Morgan fingerprint density at radius 2 is 1.22 bits per heavy atom. The van der Waals surface area contributed by atoms with Gasteiger partial charge in [-0.3, -0.25) is 0 Å². The van der Waals surface area contributed by atoms with Gasteiger partial charge in [0.15, 0.2) is 0 Å². The van der Waals surface area contributed by atoms with Gasteiger partial charge in [0.1, 0.15) is 0 Å². The molecule has 3 nitrogen and oxygen atoms in total. The Hall–Kier alpha value is -6.39. The van der Waals surface area contributed by atoms with E-state index in [1.807, 2.05) is 0 Å². The number of pyridine rings is 1. The van der Waals surface area contributed by atoms with Crippen molar-refractivity contribution in [3.05, 3.63) is 181 Å². The second-order valence-electron chi connectivity index (χ2n) is 13.6. The molecule has 0 spiro atoms. The van der Waals surface area contributed by atoms with Crippen LogP contribution in [-0.2, 0) is 6.42 Å². The Morgan fingerprint density at radius 1 is 0.500 bits per heavy atom. The minimum Gasteiger partial charge on any atom is -0.310 e. The van der Waals surface area contributed by atoms with Gasteiger partial charge in [-0.15, -0.1) is 0 Å². The van der Waals surface area contributed by atoms with E-state index in [0.717, 1.165) is 29.0 Å². The number of hydrogen-bond donors (Lipinski definition) is 0. The van der Waals surface area contributed by atoms with Crippen LogP contribution in [0.15, 0.2) is 170 Å². The number of rotatable bonds is 3. The van der Waals surface area contributed by atoms with Crippen molar-refractivity contribution in [1.82, 2.24) is 9.55 Å². The van der Waals surface area contributed by atoms with E-state index in [-0.39, 0.29) is 6.71 Å². The molecule has 0 N–H and O–H groups in total. The standard InChI is InChI=1S/C46H30BN3/c1-2-15-34(16-3-1)49-44-25-22-33(47-39-18-8-7-17-37(39)46-40(47)27-30-12-4-9-19-41(30)48-46)28-38(44)36-24-23-35(29-45(36)49)50-42-20-10-5-13-31(42)26-32-14-6-11-21-43(32)50/h1-25,27-29H,26H2. The second-order valence-corrected chi connectivity index (χ2v) is 13.6. The number of benzene rings is 7. The van der Waals surface area contributed by atoms with Crippen LogP contribution in [0.2, 0.25) is 0 Å². The summed E-state index contributed by atoms with van der Waals surface area (Å²) >= 11 is 0. The molecule has 0 saturated heterocycles. The molecule has 50 heavy (non-hydrogen) atoms. The summed E-state index contributed by atoms with van der Waals surface area (Å²) in [5.41, 5.74) is 17.2. The van der Waals surface area contributed by atoms with Crippen molar-refractivity contribution < 1.29 is 0 Å². The Kier molecular flexibility index (Phi) is 5.82. The van der Waals surface area contributed by atoms with Crippen molar-refractivity contribution in [1.29, 1.82) is 0 Å². The summed E-state index contributed by atoms with van der Waals surface area (Å²) in [5.74, 6) is 0. The molecule has 0 bridgehead atoms. The molecule has 0 fully saturated rings. The monoisotopic (exact) mass is 635 g/mol. The smallest absolute Gasteiger partial charge is 0.244 e. The van der Waals surface area contributed by atoms with Crippen LogP contribution in [0.3, 0.4) is 0 Å². The number of hydrogen-bond acceptors (Lipinski definition) is 2. The summed E-state index contributed by atoms with van der Waals surface area (Å²) in [5, 5.41) is 3.68. The normalized spacial score (nSPS) is 13.0. The molecule has 7 aromatic carbocycles. The number of fused-ring (bicyclic) bond motifs is 9. The van der Waals surface area contributed by atoms with E-state index < -0.39 is 0 Å². The number of anilines is 3. The molecule has 0 atom stereocenters. The van der Waals surface area contributed by atoms with E-state index in [2.05, 4.69) is 179 Å². The Balaban J connectivity index is 1.15. The molecule has 2 aliphatic heterocycles. The molecule has 2 aromatic heterocycles. The van der Waals surface area contributed by atoms with Crippen molar-refractivity contribution in [2.24, 2.45) is 0 Å². The van der Waals surface area contributed by atoms with E-state index in [9.17, 15) is 0 Å². The molecule has 2 aliphatic rings. The quantitative estimate of drug-likeness (QED) is 0.181. The summed E-state index contributed by atoms with van der Waals surface area (Å²) in [6.45, 7) is 0.110. The van der Waals surface area contributed by atoms with Crippen LogP contribution in [0.4, 0.5) is 17.1 Å². The van der Waals surface area contributed by atoms with Crippen molar-refractivity contribution >= 4 is 72.9 Å². The lowest BCUT2D eigenvalue weighted by Gasteiger charge is -2.33. The summed E-state index contributed by atoms with van der Waals surface area (Å²) < 4.78 is 2.44. The van der Waals surface area contributed by atoms with Crippen LogP contribution in [-0.4, -0.2) is 16.3 Å². The molecule has 0 unspecified atom stereocenters. The predicted octanol–water partition coefficient (Wildman–Crippen LogP) is 9.20. The molecule has 0 radical (unpaired) electrons. The molecule has 4 heteroatoms. The van der Waals surface area contributed by atoms with Crippen LogP contribution in [0.1, 0.15) is 11.1 Å². The van der Waals surface area contributed by atoms with Crippen LogP contribution >= 0.6 is 0 Å². The van der Waals surface area contributed by atoms with E-state index in [1.165, 1.54) is 71.6 Å². The highest BCUT2D eigenvalue weighted by Gasteiger charge is 2.35. The zero-order valence-corrected chi connectivity index (χ0v) is 27.3. The third kappa shape index (κ3) is 3.96. The van der Waals surface area contributed by atoms with E-state index in [1.54, 1.807) is 0 Å². The fourth-order valence-electron chi connectivity index (χ4n) is 8.63. The first-order chi connectivity index (χ1) is 24.8. The summed E-state index contributed by atoms with van der Waals surface area (Å²) in [4.78, 5) is 7.65. The maximum absolute atomic E-state index is 5.21. The third-order valence-electron chi connectivity index (χ3n) is 10.8. The predicted molar refractivity (Wildman–Crippen MR) is 210 cm³/mol. The number of para-hydroxylation sites is 4. The lowest BCUT2D eigenvalue weighted by atomic mass is 9.39. The van der Waals surface area contributed by atoms with Gasteiger partial charge in [0.05, 0.1) is 22.2 Å². The van der Waals surface area contributed by atoms with E-state index in [4.69, 9.17) is 4.98 Å². The fraction of sp³-hybridized carbons (Fsp3) is 0.0217. The Bertz CT molecular complexity index is 2770. The van der Waals surface area contributed by atoms with Crippen molar-refractivity contribution in [2.45, 2.75) is 6.42 Å². The van der Waals surface area contributed by atoms with Gasteiger partial charge in [0.2, 0.25) is 6.71 Å². The van der Waals surface area contributed by atoms with Crippen molar-refractivity contribution in [2.75, 3.05) is 4.90 Å². The summed E-state index contributed by atoms with van der Waals surface area (Å²) in [6.07, 6.45) is 0.941. The highest BCUT2D eigenvalue weighted by Crippen LogP contribution is 2.45. The highest BCUT2D eigenvalue weighted by atomic mass is 15.2. The molecule has 11 rings (SSSR count). The molecule has 4 heterocycles. The van der Waals surface area contributed by atoms with Crippen LogP contribution in [0.25, 0.3) is 49.7 Å². The van der Waals surface area contributed by atoms with E-state index >= 15 is 0 Å². The summed E-state index contributed by atoms with van der Waals surface area (Å²) in [6, 6.07) is 62.2. The topological polar surface area (TPSA) is 21.1 Å². The number of aromatic nitrogens is 2. The van der Waals surface area contributed by atoms with Gasteiger partial charge in [-0.05, 0) is 76.1 Å². The SMILES string of the molecule is c1ccc(-n2c3ccc(B4c5ccccc5-c5nc6ccccc6cc54)cc3c3ccc(N4c5ccccc5Cc5ccccc54)cc32)cc1. The highest BCUT2D eigenvalue weighted by molar-refractivity contribution is 6.99. The van der Waals surface area contributed by atoms with Gasteiger partial charge in [0, 0.05) is 39.9 Å². The summed E-state index contributed by atoms with van der Waals surface area (Å²) in [7, 11) is 0. The van der Waals surface area contributed by atoms with Crippen molar-refractivity contribution in [3.63, 3.8) is 0 Å². The van der Waals surface area contributed by atoms with Gasteiger partial charge in [0.25, 0.3) is 0 Å². The van der Waals surface area contributed by atoms with Gasteiger partial charge in [-0.25, -0.2) is 4.98 Å². The molecule has 0 saturated carbocycles. The molecule has 232 valence electrons. The Morgan fingerprint density at radius 3 is 2.06 bits per heavy atom. The lowest BCUT2D eigenvalue weighted by molar-refractivity contribution is 1.09. The first-order valence-corrected chi connectivity index (χ1v) is 17.4. The Labute approximate surface area is 290 Å². The molecule has 0 amide bonds. The molecule has 9 aromatic rings. The third-order valence-corrected chi connectivity index (χ3v) is 10.8. The van der Waals surface area contributed by atoms with Crippen LogP contribution in [0.5, 0.6) is 0 Å². The van der Waals surface area contributed by atoms with E-state index in [0.29, 0.717) is 0 Å². The maximum atomic E-state index is 5.21. The second kappa shape index (κ2) is 10.6. The minimum atomic E-state index is 0.110. The van der Waals surface area contributed by atoms with Gasteiger partial charge >= 0.3 is 0 Å². The van der Waals surface area contributed by atoms with Gasteiger partial charge in [-0.2, -0.15) is 0 Å². The van der Waals surface area contributed by atoms with Crippen molar-refractivity contribution in [3.8, 4) is 16.9 Å². The average Bonchev–Trinajstić information content (AvgIpc) is 3.67. The molecular weight excluding hydrogens is 605 g/mol. The first kappa shape index (κ1) is 27.6. The minimum absolute atomic E-state index is 0.110. The van der Waals surface area contributed by atoms with Gasteiger partial charge in [-0.1, -0.05) is 132 Å². The number of nitrogens with zero attached hydrogens (tertiary/aromatic N) is 3. The largest absolute Gasteiger partial charge is 0.310 e. The zero-order valence-electron chi connectivity index (χ0n) is 27.3. The molecular formula is C46H30BN3. The zero-order chi connectivity index (χ0) is 32.8. The molecule has 0 aliphatic carbocycles. The van der Waals surface area contributed by atoms with Gasteiger partial charge < -0.3 is 9.47 Å².